The van der Waals surface area contributed by atoms with Crippen LogP contribution in [0.4, 0.5) is 0 Å². The minimum Gasteiger partial charge on any atom is -0.473 e. The van der Waals surface area contributed by atoms with Crippen molar-refractivity contribution in [3.8, 4) is 0 Å². The van der Waals surface area contributed by atoms with Gasteiger partial charge >= 0.3 is 5.97 Å². The second-order valence-electron chi connectivity index (χ2n) is 3.30. The lowest BCUT2D eigenvalue weighted by atomic mass is 10.0. The van der Waals surface area contributed by atoms with Gasteiger partial charge in [0.25, 0.3) is 0 Å². The van der Waals surface area contributed by atoms with E-state index in [9.17, 15) is 4.79 Å². The number of hydrogen-bond acceptors (Lipinski definition) is 4. The Balaban J connectivity index is 2.28. The van der Waals surface area contributed by atoms with Crippen molar-refractivity contribution in [3.05, 3.63) is 34.9 Å². The van der Waals surface area contributed by atoms with Crippen LogP contribution in [0.1, 0.15) is 11.7 Å². The number of esters is 1. The quantitative estimate of drug-likeness (QED) is 0.742. The maximum atomic E-state index is 11.5. The van der Waals surface area contributed by atoms with Gasteiger partial charge < -0.3 is 9.47 Å². The van der Waals surface area contributed by atoms with Crippen LogP contribution in [0, 0.1) is 0 Å². The maximum Gasteiger partial charge on any atom is 0.334 e. The molecule has 1 aromatic carbocycles. The molecule has 0 saturated carbocycles. The van der Waals surface area contributed by atoms with Crippen molar-refractivity contribution in [1.82, 2.24) is 0 Å². The normalized spacial score (nSPS) is 22.9. The zero-order valence-electron chi connectivity index (χ0n) is 8.59. The predicted octanol–water partition coefficient (Wildman–Crippen LogP) is 1.98. The van der Waals surface area contributed by atoms with Crippen molar-refractivity contribution in [2.75, 3.05) is 7.11 Å². The molecule has 1 aliphatic rings. The SMILES string of the molecule is COC(=O)[C@@H]1N=CO[C@H]1c1ccccc1Cl. The van der Waals surface area contributed by atoms with E-state index in [0.29, 0.717) is 5.02 Å². The topological polar surface area (TPSA) is 47.9 Å². The van der Waals surface area contributed by atoms with Gasteiger partial charge in [-0.25, -0.2) is 9.79 Å². The van der Waals surface area contributed by atoms with E-state index < -0.39 is 18.1 Å². The lowest BCUT2D eigenvalue weighted by Crippen LogP contribution is -2.25. The molecule has 0 saturated heterocycles. The highest BCUT2D eigenvalue weighted by atomic mass is 35.5. The summed E-state index contributed by atoms with van der Waals surface area (Å²) in [5, 5.41) is 0.548. The van der Waals surface area contributed by atoms with Crippen molar-refractivity contribution >= 4 is 24.0 Å². The molecular weight excluding hydrogens is 230 g/mol. The fraction of sp³-hybridized carbons (Fsp3) is 0.273. The van der Waals surface area contributed by atoms with Gasteiger partial charge in [0, 0.05) is 10.6 Å². The van der Waals surface area contributed by atoms with Crippen LogP contribution in [0.2, 0.25) is 5.02 Å². The molecule has 84 valence electrons. The standard InChI is InChI=1S/C11H10ClNO3/c1-15-11(14)9-10(16-6-13-9)7-4-2-3-5-8(7)12/h2-6,9-10H,1H3/t9-,10+/m1/s1. The van der Waals surface area contributed by atoms with Crippen molar-refractivity contribution < 1.29 is 14.3 Å². The third kappa shape index (κ3) is 1.88. The van der Waals surface area contributed by atoms with Gasteiger partial charge in [-0.15, -0.1) is 0 Å². The molecule has 0 bridgehead atoms. The van der Waals surface area contributed by atoms with Crippen molar-refractivity contribution in [1.29, 1.82) is 0 Å². The molecule has 0 N–H and O–H groups in total. The van der Waals surface area contributed by atoms with Crippen LogP contribution in [0.25, 0.3) is 0 Å². The third-order valence-electron chi connectivity index (χ3n) is 2.37. The Kier molecular flexibility index (Phi) is 3.10. The molecule has 0 fully saturated rings. The second kappa shape index (κ2) is 4.53. The summed E-state index contributed by atoms with van der Waals surface area (Å²) < 4.78 is 9.93. The van der Waals surface area contributed by atoms with Crippen LogP contribution in [0.15, 0.2) is 29.3 Å². The Morgan fingerprint density at radius 3 is 2.94 bits per heavy atom. The van der Waals surface area contributed by atoms with E-state index in [2.05, 4.69) is 9.73 Å². The van der Waals surface area contributed by atoms with Gasteiger partial charge in [-0.3, -0.25) is 0 Å². The number of benzene rings is 1. The number of halogens is 1. The first-order valence-electron chi connectivity index (χ1n) is 4.73. The highest BCUT2D eigenvalue weighted by molar-refractivity contribution is 6.31. The van der Waals surface area contributed by atoms with Crippen molar-refractivity contribution in [3.63, 3.8) is 0 Å². The van der Waals surface area contributed by atoms with E-state index in [-0.39, 0.29) is 0 Å². The minimum atomic E-state index is -0.676. The largest absolute Gasteiger partial charge is 0.473 e. The molecule has 4 nitrogen and oxygen atoms in total. The number of carbonyl (C=O) groups excluding carboxylic acids is 1. The zero-order chi connectivity index (χ0) is 11.5. The van der Waals surface area contributed by atoms with Crippen LogP contribution in [0.3, 0.4) is 0 Å². The van der Waals surface area contributed by atoms with Crippen LogP contribution in [-0.4, -0.2) is 25.5 Å². The second-order valence-corrected chi connectivity index (χ2v) is 3.71. The highest BCUT2D eigenvalue weighted by Gasteiger charge is 2.35. The summed E-state index contributed by atoms with van der Waals surface area (Å²) >= 11 is 6.03. The summed E-state index contributed by atoms with van der Waals surface area (Å²) in [7, 11) is 1.32. The molecule has 0 spiro atoms. The van der Waals surface area contributed by atoms with Gasteiger partial charge in [0.1, 0.15) is 0 Å². The molecule has 2 rings (SSSR count). The number of ether oxygens (including phenoxy) is 2. The predicted molar refractivity (Wildman–Crippen MR) is 59.6 cm³/mol. The first-order valence-corrected chi connectivity index (χ1v) is 5.11. The molecule has 5 heteroatoms. The highest BCUT2D eigenvalue weighted by Crippen LogP contribution is 2.32. The maximum absolute atomic E-state index is 11.5. The van der Waals surface area contributed by atoms with E-state index in [1.807, 2.05) is 12.1 Å². The van der Waals surface area contributed by atoms with Gasteiger partial charge in [-0.1, -0.05) is 29.8 Å². The fourth-order valence-electron chi connectivity index (χ4n) is 1.57. The lowest BCUT2D eigenvalue weighted by Gasteiger charge is -2.16. The van der Waals surface area contributed by atoms with E-state index >= 15 is 0 Å². The average molecular weight is 240 g/mol. The van der Waals surface area contributed by atoms with Crippen LogP contribution in [0.5, 0.6) is 0 Å². The molecule has 0 aromatic heterocycles. The summed E-state index contributed by atoms with van der Waals surface area (Å²) in [4.78, 5) is 15.4. The molecule has 16 heavy (non-hydrogen) atoms. The number of carbonyl (C=O) groups is 1. The van der Waals surface area contributed by atoms with E-state index in [4.69, 9.17) is 16.3 Å². The summed E-state index contributed by atoms with van der Waals surface area (Å²) in [6.45, 7) is 0. The summed E-state index contributed by atoms with van der Waals surface area (Å²) in [5.74, 6) is -0.432. The molecule has 2 atom stereocenters. The Morgan fingerprint density at radius 1 is 1.50 bits per heavy atom. The minimum absolute atomic E-state index is 0.432. The Morgan fingerprint density at radius 2 is 2.25 bits per heavy atom. The molecule has 0 unspecified atom stereocenters. The first kappa shape index (κ1) is 11.0. The summed E-state index contributed by atoms with van der Waals surface area (Å²) in [6, 6.07) is 6.52. The molecule has 1 heterocycles. The van der Waals surface area contributed by atoms with Crippen LogP contribution < -0.4 is 0 Å². The molecule has 0 amide bonds. The van der Waals surface area contributed by atoms with E-state index in [0.717, 1.165) is 5.56 Å². The number of aliphatic imine (C=N–C) groups is 1. The monoisotopic (exact) mass is 239 g/mol. The summed E-state index contributed by atoms with van der Waals surface area (Å²) in [5.41, 5.74) is 0.733. The Bertz CT molecular complexity index is 433. The average Bonchev–Trinajstić information content (AvgIpc) is 2.77. The third-order valence-corrected chi connectivity index (χ3v) is 2.71. The molecule has 1 aliphatic heterocycles. The Hall–Kier alpha value is -1.55. The van der Waals surface area contributed by atoms with Crippen molar-refractivity contribution in [2.24, 2.45) is 4.99 Å². The van der Waals surface area contributed by atoms with Gasteiger partial charge in [0.15, 0.2) is 18.5 Å². The molecule has 0 aliphatic carbocycles. The molecule has 0 radical (unpaired) electrons. The van der Waals surface area contributed by atoms with Gasteiger partial charge in [-0.05, 0) is 6.07 Å². The summed E-state index contributed by atoms with van der Waals surface area (Å²) in [6.07, 6.45) is 0.761. The Labute approximate surface area is 97.8 Å². The first-order chi connectivity index (χ1) is 7.74. The van der Waals surface area contributed by atoms with Crippen LogP contribution in [-0.2, 0) is 14.3 Å². The van der Waals surface area contributed by atoms with Gasteiger partial charge in [-0.2, -0.15) is 0 Å². The number of hydrogen-bond donors (Lipinski definition) is 0. The van der Waals surface area contributed by atoms with Gasteiger partial charge in [0.05, 0.1) is 7.11 Å². The van der Waals surface area contributed by atoms with Gasteiger partial charge in [0.2, 0.25) is 0 Å². The number of nitrogens with zero attached hydrogens (tertiary/aromatic N) is 1. The molecule has 1 aromatic rings. The van der Waals surface area contributed by atoms with E-state index in [1.54, 1.807) is 12.1 Å². The fourth-order valence-corrected chi connectivity index (χ4v) is 1.82. The lowest BCUT2D eigenvalue weighted by molar-refractivity contribution is -0.143. The smallest absolute Gasteiger partial charge is 0.334 e. The van der Waals surface area contributed by atoms with Crippen LogP contribution >= 0.6 is 11.6 Å². The number of methoxy groups -OCH3 is 1. The van der Waals surface area contributed by atoms with E-state index in [1.165, 1.54) is 13.5 Å². The number of rotatable bonds is 2. The molecular formula is C11H10ClNO3. The van der Waals surface area contributed by atoms with Crippen molar-refractivity contribution in [2.45, 2.75) is 12.1 Å². The zero-order valence-corrected chi connectivity index (χ0v) is 9.35.